The van der Waals surface area contributed by atoms with Gasteiger partial charge in [-0.05, 0) is 0 Å². The van der Waals surface area contributed by atoms with Crippen LogP contribution in [0.4, 0.5) is 5.69 Å². The molecule has 0 heterocycles. The SMILES string of the molecule is CO[SH](=O)=O.O=[N+]([O-])c1ccccc1. The number of nitrogens with zero attached hydrogens (tertiary/aromatic N) is 1. The molecule has 0 saturated heterocycles. The summed E-state index contributed by atoms with van der Waals surface area (Å²) in [5.41, 5.74) is 0.137. The number of non-ortho nitro benzene ring substituents is 1. The van der Waals surface area contributed by atoms with Gasteiger partial charge >= 0.3 is 0 Å². The van der Waals surface area contributed by atoms with Gasteiger partial charge in [0.25, 0.3) is 16.7 Å². The first-order valence-electron chi connectivity index (χ1n) is 3.46. The maximum Gasteiger partial charge on any atom is 0.269 e. The Morgan fingerprint density at radius 2 is 1.71 bits per heavy atom. The first-order chi connectivity index (χ1) is 6.57. The van der Waals surface area contributed by atoms with Crippen LogP contribution in [0.1, 0.15) is 0 Å². The smallest absolute Gasteiger partial charge is 0.269 e. The predicted molar refractivity (Wildman–Crippen MR) is 50.4 cm³/mol. The quantitative estimate of drug-likeness (QED) is 0.450. The van der Waals surface area contributed by atoms with Crippen LogP contribution in [0.2, 0.25) is 0 Å². The van der Waals surface area contributed by atoms with Crippen molar-refractivity contribution in [2.75, 3.05) is 7.11 Å². The fraction of sp³-hybridized carbons (Fsp3) is 0.143. The van der Waals surface area contributed by atoms with Gasteiger partial charge in [0, 0.05) is 12.1 Å². The molecule has 0 saturated carbocycles. The van der Waals surface area contributed by atoms with Gasteiger partial charge in [0.05, 0.1) is 12.0 Å². The zero-order valence-electron chi connectivity index (χ0n) is 7.32. The van der Waals surface area contributed by atoms with Gasteiger partial charge in [0.15, 0.2) is 0 Å². The van der Waals surface area contributed by atoms with Crippen molar-refractivity contribution in [2.45, 2.75) is 0 Å². The van der Waals surface area contributed by atoms with E-state index in [0.717, 1.165) is 7.11 Å². The van der Waals surface area contributed by atoms with Crippen LogP contribution in [0.15, 0.2) is 30.3 Å². The number of benzene rings is 1. The second-order valence-electron chi connectivity index (χ2n) is 2.00. The lowest BCUT2D eigenvalue weighted by atomic mass is 10.3. The zero-order chi connectivity index (χ0) is 11.0. The Morgan fingerprint density at radius 3 is 1.93 bits per heavy atom. The molecular formula is C7H9NO5S. The number of para-hydroxylation sites is 1. The van der Waals surface area contributed by atoms with Crippen molar-refractivity contribution in [2.24, 2.45) is 0 Å². The maximum absolute atomic E-state index is 10.0. The molecule has 0 spiro atoms. The average molecular weight is 219 g/mol. The fourth-order valence-corrected chi connectivity index (χ4v) is 0.550. The van der Waals surface area contributed by atoms with E-state index >= 15 is 0 Å². The second-order valence-corrected chi connectivity index (χ2v) is 2.81. The van der Waals surface area contributed by atoms with Crippen LogP contribution in [-0.4, -0.2) is 20.5 Å². The van der Waals surface area contributed by atoms with Crippen molar-refractivity contribution >= 4 is 16.7 Å². The third-order valence-electron chi connectivity index (χ3n) is 1.12. The Labute approximate surface area is 82.4 Å². The van der Waals surface area contributed by atoms with Gasteiger partial charge in [-0.15, -0.1) is 0 Å². The minimum atomic E-state index is -2.60. The molecule has 0 aromatic heterocycles. The van der Waals surface area contributed by atoms with Crippen molar-refractivity contribution in [3.05, 3.63) is 40.4 Å². The van der Waals surface area contributed by atoms with Crippen molar-refractivity contribution in [3.63, 3.8) is 0 Å². The molecule has 1 aromatic rings. The molecule has 0 radical (unpaired) electrons. The largest absolute Gasteiger partial charge is 0.276 e. The average Bonchev–Trinajstić information content (AvgIpc) is 2.20. The number of hydrogen-bond donors (Lipinski definition) is 1. The molecule has 6 nitrogen and oxygen atoms in total. The molecule has 0 unspecified atom stereocenters. The number of rotatable bonds is 2. The van der Waals surface area contributed by atoms with Gasteiger partial charge in [-0.2, -0.15) is 0 Å². The molecule has 1 rings (SSSR count). The molecule has 0 aliphatic heterocycles. The Kier molecular flexibility index (Phi) is 6.25. The van der Waals surface area contributed by atoms with Crippen LogP contribution in [0.25, 0.3) is 0 Å². The lowest BCUT2D eigenvalue weighted by Gasteiger charge is -1.85. The summed E-state index contributed by atoms with van der Waals surface area (Å²) in [6.45, 7) is 0. The van der Waals surface area contributed by atoms with Gasteiger partial charge in [-0.1, -0.05) is 18.2 Å². The van der Waals surface area contributed by atoms with E-state index in [0.29, 0.717) is 0 Å². The van der Waals surface area contributed by atoms with Gasteiger partial charge in [0.1, 0.15) is 0 Å². The molecular weight excluding hydrogens is 210 g/mol. The first kappa shape index (κ1) is 12.5. The molecule has 0 aliphatic rings. The van der Waals surface area contributed by atoms with Gasteiger partial charge in [-0.25, -0.2) is 8.42 Å². The lowest BCUT2D eigenvalue weighted by molar-refractivity contribution is -0.384. The van der Waals surface area contributed by atoms with Crippen LogP contribution < -0.4 is 0 Å². The Morgan fingerprint density at radius 1 is 1.29 bits per heavy atom. The minimum absolute atomic E-state index is 0.137. The van der Waals surface area contributed by atoms with Crippen molar-refractivity contribution < 1.29 is 17.5 Å². The molecule has 0 aliphatic carbocycles. The summed E-state index contributed by atoms with van der Waals surface area (Å²) in [6, 6.07) is 7.93. The van der Waals surface area contributed by atoms with Crippen LogP contribution in [0.5, 0.6) is 0 Å². The Bertz CT molecular complexity index is 340. The third-order valence-corrected chi connectivity index (χ3v) is 1.41. The number of thiol groups is 1. The molecule has 0 atom stereocenters. The van der Waals surface area contributed by atoms with Crippen LogP contribution >= 0.6 is 0 Å². The van der Waals surface area contributed by atoms with E-state index in [2.05, 4.69) is 4.18 Å². The van der Waals surface area contributed by atoms with Crippen LogP contribution in [0.3, 0.4) is 0 Å². The first-order valence-corrected chi connectivity index (χ1v) is 4.55. The highest BCUT2D eigenvalue weighted by atomic mass is 32.2. The van der Waals surface area contributed by atoms with E-state index in [1.54, 1.807) is 18.2 Å². The topological polar surface area (TPSA) is 86.5 Å². The highest BCUT2D eigenvalue weighted by Crippen LogP contribution is 2.06. The summed E-state index contributed by atoms with van der Waals surface area (Å²) < 4.78 is 22.1. The predicted octanol–water partition coefficient (Wildman–Crippen LogP) is 0.754. The van der Waals surface area contributed by atoms with Crippen molar-refractivity contribution in [1.29, 1.82) is 0 Å². The summed E-state index contributed by atoms with van der Waals surface area (Å²) in [4.78, 5) is 9.59. The van der Waals surface area contributed by atoms with E-state index in [1.165, 1.54) is 12.1 Å². The van der Waals surface area contributed by atoms with Gasteiger partial charge in [0.2, 0.25) is 0 Å². The van der Waals surface area contributed by atoms with Crippen molar-refractivity contribution in [3.8, 4) is 0 Å². The highest BCUT2D eigenvalue weighted by molar-refractivity contribution is 7.67. The molecule has 14 heavy (non-hydrogen) atoms. The summed E-state index contributed by atoms with van der Waals surface area (Å²) in [7, 11) is -1.50. The number of nitro benzene ring substituents is 1. The highest BCUT2D eigenvalue weighted by Gasteiger charge is 1.98. The summed E-state index contributed by atoms with van der Waals surface area (Å²) in [5.74, 6) is 0. The van der Waals surface area contributed by atoms with E-state index in [-0.39, 0.29) is 5.69 Å². The van der Waals surface area contributed by atoms with Gasteiger partial charge in [-0.3, -0.25) is 14.3 Å². The van der Waals surface area contributed by atoms with E-state index in [1.807, 2.05) is 0 Å². The molecule has 1 aromatic carbocycles. The molecule has 0 fully saturated rings. The van der Waals surface area contributed by atoms with Crippen LogP contribution in [0, 0.1) is 10.1 Å². The molecule has 0 amide bonds. The summed E-state index contributed by atoms with van der Waals surface area (Å²) in [6.07, 6.45) is 0. The molecule has 7 heteroatoms. The van der Waals surface area contributed by atoms with E-state index in [4.69, 9.17) is 0 Å². The monoisotopic (exact) mass is 219 g/mol. The van der Waals surface area contributed by atoms with Crippen molar-refractivity contribution in [1.82, 2.24) is 0 Å². The molecule has 0 N–H and O–H groups in total. The number of nitro groups is 1. The number of hydrogen-bond acceptors (Lipinski definition) is 5. The normalized spacial score (nSPS) is 9.00. The Hall–Kier alpha value is -1.47. The molecule has 0 bridgehead atoms. The lowest BCUT2D eigenvalue weighted by Crippen LogP contribution is -1.84. The molecule has 78 valence electrons. The summed E-state index contributed by atoms with van der Waals surface area (Å²) >= 11 is 0. The fourth-order valence-electron chi connectivity index (χ4n) is 0.550. The van der Waals surface area contributed by atoms with E-state index in [9.17, 15) is 18.5 Å². The van der Waals surface area contributed by atoms with Crippen LogP contribution in [-0.2, 0) is 15.2 Å². The standard InChI is InChI=1S/C6H5NO2.CH4O3S/c8-7(9)6-4-2-1-3-5-6;1-4-5(2)3/h1-5H;5H,1H3. The zero-order valence-corrected chi connectivity index (χ0v) is 8.22. The summed E-state index contributed by atoms with van der Waals surface area (Å²) in [5, 5.41) is 10.0. The third kappa shape index (κ3) is 6.09. The second kappa shape index (κ2) is 6.98. The maximum atomic E-state index is 10.0. The van der Waals surface area contributed by atoms with E-state index < -0.39 is 15.9 Å². The van der Waals surface area contributed by atoms with Gasteiger partial charge < -0.3 is 0 Å². The Balaban J connectivity index is 0.000000292. The minimum Gasteiger partial charge on any atom is -0.276 e.